The zero-order valence-electron chi connectivity index (χ0n) is 9.02. The molecule has 92 valence electrons. The highest BCUT2D eigenvalue weighted by Crippen LogP contribution is 2.13. The van der Waals surface area contributed by atoms with Gasteiger partial charge in [-0.1, -0.05) is 0 Å². The van der Waals surface area contributed by atoms with Crippen LogP contribution >= 0.6 is 0 Å². The number of amides is 1. The summed E-state index contributed by atoms with van der Waals surface area (Å²) in [6, 6.07) is 2.69. The predicted molar refractivity (Wildman–Crippen MR) is 60.8 cm³/mol. The number of nitrogens with zero attached hydrogens (tertiary/aromatic N) is 2. The lowest BCUT2D eigenvalue weighted by atomic mass is 10.3. The van der Waals surface area contributed by atoms with Crippen LogP contribution in [0.15, 0.2) is 30.6 Å². The topological polar surface area (TPSA) is 80.9 Å². The van der Waals surface area contributed by atoms with E-state index in [0.29, 0.717) is 6.07 Å². The molecule has 0 aliphatic rings. The molecule has 18 heavy (non-hydrogen) atoms. The fraction of sp³-hybridized carbons (Fsp3) is 0. The number of nitrogen functional groups attached to an aromatic ring is 1. The lowest BCUT2D eigenvalue weighted by Gasteiger charge is -2.04. The highest BCUT2D eigenvalue weighted by Gasteiger charge is 2.09. The first-order valence-corrected chi connectivity index (χ1v) is 4.89. The molecule has 0 aliphatic carbocycles. The molecule has 0 fully saturated rings. The van der Waals surface area contributed by atoms with Gasteiger partial charge < -0.3 is 11.1 Å². The maximum Gasteiger partial charge on any atom is 0.275 e. The number of nitrogens with two attached hydrogens (primary N) is 1. The molecular weight excluding hydrogens is 242 g/mol. The van der Waals surface area contributed by atoms with Crippen molar-refractivity contribution in [1.82, 2.24) is 9.97 Å². The van der Waals surface area contributed by atoms with Crippen molar-refractivity contribution in [3.8, 4) is 0 Å². The van der Waals surface area contributed by atoms with Gasteiger partial charge in [0.1, 0.15) is 23.1 Å². The number of halogens is 2. The standard InChI is InChI=1S/C11H8F2N4O/c12-6-1-7(13)3-8(2-6)17-11(18)9-4-16-10(14)5-15-9/h1-5H,(H2,14,16)(H,17,18). The fourth-order valence-electron chi connectivity index (χ4n) is 1.28. The Labute approximate surface area is 101 Å². The molecule has 0 unspecified atom stereocenters. The van der Waals surface area contributed by atoms with E-state index >= 15 is 0 Å². The quantitative estimate of drug-likeness (QED) is 0.848. The molecule has 0 saturated carbocycles. The molecular formula is C11H8F2N4O. The summed E-state index contributed by atoms with van der Waals surface area (Å²) in [6.07, 6.45) is 2.38. The van der Waals surface area contributed by atoms with Gasteiger partial charge in [0.25, 0.3) is 5.91 Å². The molecule has 1 amide bonds. The smallest absolute Gasteiger partial charge is 0.275 e. The van der Waals surface area contributed by atoms with Crippen LogP contribution in [0.3, 0.4) is 0 Å². The second-order valence-electron chi connectivity index (χ2n) is 3.44. The average molecular weight is 250 g/mol. The Kier molecular flexibility index (Phi) is 3.13. The minimum atomic E-state index is -0.784. The number of rotatable bonds is 2. The highest BCUT2D eigenvalue weighted by atomic mass is 19.1. The molecule has 1 aromatic carbocycles. The van der Waals surface area contributed by atoms with Crippen LogP contribution in [0.25, 0.3) is 0 Å². The van der Waals surface area contributed by atoms with Crippen LogP contribution in [0.2, 0.25) is 0 Å². The van der Waals surface area contributed by atoms with Gasteiger partial charge in [0, 0.05) is 11.8 Å². The molecule has 0 radical (unpaired) electrons. The van der Waals surface area contributed by atoms with E-state index < -0.39 is 17.5 Å². The Morgan fingerprint density at radius 1 is 1.11 bits per heavy atom. The first-order valence-electron chi connectivity index (χ1n) is 4.89. The van der Waals surface area contributed by atoms with Crippen molar-refractivity contribution in [2.75, 3.05) is 11.1 Å². The molecule has 1 aromatic heterocycles. The van der Waals surface area contributed by atoms with Gasteiger partial charge in [-0.05, 0) is 12.1 Å². The molecule has 2 rings (SSSR count). The van der Waals surface area contributed by atoms with E-state index in [4.69, 9.17) is 5.73 Å². The number of hydrogen-bond donors (Lipinski definition) is 2. The van der Waals surface area contributed by atoms with Gasteiger partial charge in [-0.3, -0.25) is 4.79 Å². The van der Waals surface area contributed by atoms with Crippen molar-refractivity contribution in [2.45, 2.75) is 0 Å². The molecule has 0 aliphatic heterocycles. The summed E-state index contributed by atoms with van der Waals surface area (Å²) >= 11 is 0. The fourth-order valence-corrected chi connectivity index (χ4v) is 1.28. The molecule has 7 heteroatoms. The second-order valence-corrected chi connectivity index (χ2v) is 3.44. The van der Waals surface area contributed by atoms with E-state index in [1.165, 1.54) is 12.4 Å². The van der Waals surface area contributed by atoms with Crippen molar-refractivity contribution in [1.29, 1.82) is 0 Å². The van der Waals surface area contributed by atoms with Crippen LogP contribution in [0.4, 0.5) is 20.3 Å². The molecule has 2 aromatic rings. The van der Waals surface area contributed by atoms with Gasteiger partial charge in [0.2, 0.25) is 0 Å². The Morgan fingerprint density at radius 3 is 2.33 bits per heavy atom. The minimum Gasteiger partial charge on any atom is -0.382 e. The summed E-state index contributed by atoms with van der Waals surface area (Å²) in [4.78, 5) is 19.1. The first-order chi connectivity index (χ1) is 8.54. The number of carbonyl (C=O) groups is 1. The number of nitrogens with one attached hydrogen (secondary N) is 1. The van der Waals surface area contributed by atoms with Gasteiger partial charge in [0.15, 0.2) is 0 Å². The maximum atomic E-state index is 12.9. The Bertz CT molecular complexity index is 566. The molecule has 0 atom stereocenters. The summed E-state index contributed by atoms with van der Waals surface area (Å²) in [5, 5.41) is 2.30. The highest BCUT2D eigenvalue weighted by molar-refractivity contribution is 6.02. The van der Waals surface area contributed by atoms with E-state index in [1.807, 2.05) is 0 Å². The number of hydrogen-bond acceptors (Lipinski definition) is 4. The summed E-state index contributed by atoms with van der Waals surface area (Å²) in [5.74, 6) is -2.03. The predicted octanol–water partition coefficient (Wildman–Crippen LogP) is 1.59. The summed E-state index contributed by atoms with van der Waals surface area (Å²) in [5.41, 5.74) is 5.31. The average Bonchev–Trinajstić information content (AvgIpc) is 2.28. The number of benzene rings is 1. The van der Waals surface area contributed by atoms with Crippen LogP contribution in [-0.2, 0) is 0 Å². The largest absolute Gasteiger partial charge is 0.382 e. The molecule has 3 N–H and O–H groups in total. The molecule has 0 spiro atoms. The summed E-state index contributed by atoms with van der Waals surface area (Å²) in [7, 11) is 0. The Morgan fingerprint density at radius 2 is 1.78 bits per heavy atom. The Balaban J connectivity index is 2.18. The van der Waals surface area contributed by atoms with Crippen molar-refractivity contribution in [2.24, 2.45) is 0 Å². The monoisotopic (exact) mass is 250 g/mol. The van der Waals surface area contributed by atoms with Gasteiger partial charge in [-0.15, -0.1) is 0 Å². The minimum absolute atomic E-state index is 0.00359. The molecule has 0 bridgehead atoms. The van der Waals surface area contributed by atoms with E-state index in [2.05, 4.69) is 15.3 Å². The van der Waals surface area contributed by atoms with E-state index in [-0.39, 0.29) is 17.2 Å². The lowest BCUT2D eigenvalue weighted by Crippen LogP contribution is -2.14. The van der Waals surface area contributed by atoms with Crippen molar-refractivity contribution < 1.29 is 13.6 Å². The molecule has 0 saturated heterocycles. The SMILES string of the molecule is Nc1cnc(C(=O)Nc2cc(F)cc(F)c2)cn1. The van der Waals surface area contributed by atoms with Crippen LogP contribution < -0.4 is 11.1 Å². The summed E-state index contributed by atoms with van der Waals surface area (Å²) in [6.45, 7) is 0. The molecule has 5 nitrogen and oxygen atoms in total. The van der Waals surface area contributed by atoms with Gasteiger partial charge in [-0.25, -0.2) is 18.7 Å². The van der Waals surface area contributed by atoms with Crippen molar-refractivity contribution >= 4 is 17.4 Å². The van der Waals surface area contributed by atoms with Crippen LogP contribution in [-0.4, -0.2) is 15.9 Å². The van der Waals surface area contributed by atoms with Crippen LogP contribution in [0.1, 0.15) is 10.5 Å². The second kappa shape index (κ2) is 4.74. The van der Waals surface area contributed by atoms with E-state index in [1.54, 1.807) is 0 Å². The third kappa shape index (κ3) is 2.76. The van der Waals surface area contributed by atoms with E-state index in [0.717, 1.165) is 12.1 Å². The third-order valence-corrected chi connectivity index (χ3v) is 2.02. The number of carbonyl (C=O) groups excluding carboxylic acids is 1. The van der Waals surface area contributed by atoms with E-state index in [9.17, 15) is 13.6 Å². The van der Waals surface area contributed by atoms with Crippen molar-refractivity contribution in [3.63, 3.8) is 0 Å². The summed E-state index contributed by atoms with van der Waals surface area (Å²) < 4.78 is 25.8. The number of anilines is 2. The van der Waals surface area contributed by atoms with Gasteiger partial charge >= 0.3 is 0 Å². The first kappa shape index (κ1) is 11.9. The van der Waals surface area contributed by atoms with Crippen LogP contribution in [0, 0.1) is 11.6 Å². The van der Waals surface area contributed by atoms with Crippen molar-refractivity contribution in [3.05, 3.63) is 47.9 Å². The van der Waals surface area contributed by atoms with Crippen LogP contribution in [0.5, 0.6) is 0 Å². The van der Waals surface area contributed by atoms with Gasteiger partial charge in [0.05, 0.1) is 12.4 Å². The lowest BCUT2D eigenvalue weighted by molar-refractivity contribution is 0.102. The zero-order chi connectivity index (χ0) is 13.1. The molecule has 1 heterocycles. The number of aromatic nitrogens is 2. The maximum absolute atomic E-state index is 12.9. The van der Waals surface area contributed by atoms with Gasteiger partial charge in [-0.2, -0.15) is 0 Å². The normalized spacial score (nSPS) is 10.1. The third-order valence-electron chi connectivity index (χ3n) is 2.02. The Hall–Kier alpha value is -2.57. The zero-order valence-corrected chi connectivity index (χ0v) is 9.02.